The molecule has 1 aliphatic heterocycles. The zero-order chi connectivity index (χ0) is 21.3. The highest BCUT2D eigenvalue weighted by atomic mass is 35.5. The lowest BCUT2D eigenvalue weighted by Crippen LogP contribution is -2.45. The van der Waals surface area contributed by atoms with Crippen LogP contribution in [0.2, 0.25) is 5.02 Å². The van der Waals surface area contributed by atoms with Crippen molar-refractivity contribution in [3.63, 3.8) is 0 Å². The number of carbonyl (C=O) groups excluding carboxylic acids is 1. The van der Waals surface area contributed by atoms with E-state index in [0.717, 1.165) is 16.6 Å². The fourth-order valence-electron chi connectivity index (χ4n) is 4.06. The molecule has 0 spiro atoms. The number of hydrogen-bond donors (Lipinski definition) is 1. The summed E-state index contributed by atoms with van der Waals surface area (Å²) in [6.45, 7) is 0.947. The molecular weight excluding hydrogens is 402 g/mol. The standard InChI is InChI=1S/C23H24ClN3O3/c1-26-20-5-3-2-4-18(20)25-19(22(26)29)10-11-21(28)27-14-12-23(30,13-15-27)16-6-8-17(24)9-7-16/h2-9,30H,10-15H2,1H3. The number of aryl methyl sites for hydroxylation is 2. The molecule has 0 saturated carbocycles. The summed E-state index contributed by atoms with van der Waals surface area (Å²) in [4.78, 5) is 31.5. The van der Waals surface area contributed by atoms with Crippen LogP contribution in [0.15, 0.2) is 53.3 Å². The van der Waals surface area contributed by atoms with Gasteiger partial charge in [0.25, 0.3) is 5.56 Å². The summed E-state index contributed by atoms with van der Waals surface area (Å²) in [5, 5.41) is 11.6. The van der Waals surface area contributed by atoms with Crippen LogP contribution < -0.4 is 5.56 Å². The van der Waals surface area contributed by atoms with Gasteiger partial charge in [-0.15, -0.1) is 0 Å². The van der Waals surface area contributed by atoms with Crippen LogP contribution in [0.25, 0.3) is 11.0 Å². The van der Waals surface area contributed by atoms with Crippen molar-refractivity contribution in [2.24, 2.45) is 7.05 Å². The monoisotopic (exact) mass is 425 g/mol. The Kier molecular flexibility index (Phi) is 5.62. The van der Waals surface area contributed by atoms with E-state index in [1.165, 1.54) is 0 Å². The zero-order valence-electron chi connectivity index (χ0n) is 16.8. The fourth-order valence-corrected chi connectivity index (χ4v) is 4.19. The SMILES string of the molecule is Cn1c(=O)c(CCC(=O)N2CCC(O)(c3ccc(Cl)cc3)CC2)nc2ccccc21. The van der Waals surface area contributed by atoms with Gasteiger partial charge in [-0.2, -0.15) is 0 Å². The highest BCUT2D eigenvalue weighted by Gasteiger charge is 2.35. The second-order valence-corrected chi connectivity index (χ2v) is 8.27. The van der Waals surface area contributed by atoms with Crippen molar-refractivity contribution >= 4 is 28.5 Å². The summed E-state index contributed by atoms with van der Waals surface area (Å²) in [5.74, 6) is -0.0230. The molecule has 0 aliphatic carbocycles. The Hall–Kier alpha value is -2.70. The molecule has 156 valence electrons. The van der Waals surface area contributed by atoms with Crippen LogP contribution in [0.1, 0.15) is 30.5 Å². The fraction of sp³-hybridized carbons (Fsp3) is 0.348. The summed E-state index contributed by atoms with van der Waals surface area (Å²) in [6, 6.07) is 14.7. The molecule has 1 N–H and O–H groups in total. The minimum absolute atomic E-state index is 0.0230. The number of fused-ring (bicyclic) bond motifs is 1. The molecule has 2 heterocycles. The van der Waals surface area contributed by atoms with E-state index in [1.54, 1.807) is 28.6 Å². The third kappa shape index (κ3) is 3.98. The molecule has 0 bridgehead atoms. The molecule has 1 saturated heterocycles. The topological polar surface area (TPSA) is 75.4 Å². The molecule has 0 atom stereocenters. The van der Waals surface area contributed by atoms with Gasteiger partial charge in [-0.05, 0) is 42.7 Å². The quantitative estimate of drug-likeness (QED) is 0.697. The molecule has 0 radical (unpaired) electrons. The van der Waals surface area contributed by atoms with Crippen molar-refractivity contribution in [1.82, 2.24) is 14.5 Å². The van der Waals surface area contributed by atoms with E-state index in [0.29, 0.717) is 43.1 Å². The molecule has 1 amide bonds. The Balaban J connectivity index is 1.40. The highest BCUT2D eigenvalue weighted by Crippen LogP contribution is 2.33. The van der Waals surface area contributed by atoms with Crippen LogP contribution in [-0.4, -0.2) is 38.6 Å². The maximum atomic E-state index is 12.7. The van der Waals surface area contributed by atoms with Crippen LogP contribution in [0, 0.1) is 0 Å². The highest BCUT2D eigenvalue weighted by molar-refractivity contribution is 6.30. The summed E-state index contributed by atoms with van der Waals surface area (Å²) in [5.41, 5.74) is 1.62. The Bertz CT molecular complexity index is 1130. The van der Waals surface area contributed by atoms with Gasteiger partial charge in [0.05, 0.1) is 16.6 Å². The van der Waals surface area contributed by atoms with Gasteiger partial charge in [0.15, 0.2) is 0 Å². The number of hydrogen-bond acceptors (Lipinski definition) is 4. The first-order chi connectivity index (χ1) is 14.4. The van der Waals surface area contributed by atoms with Gasteiger partial charge < -0.3 is 14.6 Å². The van der Waals surface area contributed by atoms with E-state index in [2.05, 4.69) is 4.98 Å². The molecule has 0 unspecified atom stereocenters. The minimum Gasteiger partial charge on any atom is -0.385 e. The number of rotatable bonds is 4. The van der Waals surface area contributed by atoms with Crippen LogP contribution in [0.5, 0.6) is 0 Å². The minimum atomic E-state index is -0.947. The van der Waals surface area contributed by atoms with E-state index < -0.39 is 5.60 Å². The number of carbonyl (C=O) groups is 1. The summed E-state index contributed by atoms with van der Waals surface area (Å²) in [6.07, 6.45) is 1.46. The average Bonchev–Trinajstić information content (AvgIpc) is 2.76. The second kappa shape index (κ2) is 8.20. The molecule has 7 heteroatoms. The van der Waals surface area contributed by atoms with Crippen LogP contribution in [0.4, 0.5) is 0 Å². The van der Waals surface area contributed by atoms with E-state index >= 15 is 0 Å². The van der Waals surface area contributed by atoms with Gasteiger partial charge in [-0.3, -0.25) is 9.59 Å². The molecule has 1 aromatic heterocycles. The van der Waals surface area contributed by atoms with Crippen molar-refractivity contribution in [2.45, 2.75) is 31.3 Å². The Morgan fingerprint density at radius 3 is 2.50 bits per heavy atom. The number of para-hydroxylation sites is 2. The zero-order valence-corrected chi connectivity index (χ0v) is 17.6. The molecule has 1 aliphatic rings. The molecular formula is C23H24ClN3O3. The smallest absolute Gasteiger partial charge is 0.272 e. The molecule has 30 heavy (non-hydrogen) atoms. The number of aliphatic hydroxyl groups is 1. The first-order valence-corrected chi connectivity index (χ1v) is 10.5. The maximum Gasteiger partial charge on any atom is 0.272 e. The molecule has 3 aromatic rings. The van der Waals surface area contributed by atoms with E-state index in [1.807, 2.05) is 36.4 Å². The third-order valence-corrected chi connectivity index (χ3v) is 6.20. The predicted octanol–water partition coefficient (Wildman–Crippen LogP) is 3.03. The number of aromatic nitrogens is 2. The molecule has 1 fully saturated rings. The van der Waals surface area contributed by atoms with Gasteiger partial charge in [0.2, 0.25) is 5.91 Å². The van der Waals surface area contributed by atoms with Crippen molar-refractivity contribution in [3.05, 3.63) is 75.2 Å². The molecule has 2 aromatic carbocycles. The number of nitrogens with zero attached hydrogens (tertiary/aromatic N) is 3. The van der Waals surface area contributed by atoms with Gasteiger partial charge in [0, 0.05) is 38.0 Å². The van der Waals surface area contributed by atoms with Gasteiger partial charge in [-0.1, -0.05) is 35.9 Å². The van der Waals surface area contributed by atoms with Crippen molar-refractivity contribution in [3.8, 4) is 0 Å². The molecule has 6 nitrogen and oxygen atoms in total. The van der Waals surface area contributed by atoms with Crippen LogP contribution >= 0.6 is 11.6 Å². The van der Waals surface area contributed by atoms with Gasteiger partial charge in [-0.25, -0.2) is 4.98 Å². The molecule has 4 rings (SSSR count). The van der Waals surface area contributed by atoms with E-state index in [4.69, 9.17) is 11.6 Å². The summed E-state index contributed by atoms with van der Waals surface area (Å²) < 4.78 is 1.58. The van der Waals surface area contributed by atoms with E-state index in [-0.39, 0.29) is 17.9 Å². The van der Waals surface area contributed by atoms with E-state index in [9.17, 15) is 14.7 Å². The average molecular weight is 426 g/mol. The first-order valence-electron chi connectivity index (χ1n) is 10.1. The number of benzene rings is 2. The summed E-state index contributed by atoms with van der Waals surface area (Å²) in [7, 11) is 1.72. The lowest BCUT2D eigenvalue weighted by atomic mass is 9.84. The number of piperidine rings is 1. The second-order valence-electron chi connectivity index (χ2n) is 7.83. The third-order valence-electron chi connectivity index (χ3n) is 5.95. The van der Waals surface area contributed by atoms with Crippen molar-refractivity contribution in [2.75, 3.05) is 13.1 Å². The number of amides is 1. The lowest BCUT2D eigenvalue weighted by Gasteiger charge is -2.38. The normalized spacial score (nSPS) is 16.0. The number of likely N-dealkylation sites (tertiary alicyclic amines) is 1. The lowest BCUT2D eigenvalue weighted by molar-refractivity contribution is -0.135. The number of halogens is 1. The predicted molar refractivity (Wildman–Crippen MR) is 116 cm³/mol. The largest absolute Gasteiger partial charge is 0.385 e. The first kappa shape index (κ1) is 20.6. The van der Waals surface area contributed by atoms with Crippen LogP contribution in [-0.2, 0) is 23.9 Å². The van der Waals surface area contributed by atoms with Gasteiger partial charge >= 0.3 is 0 Å². The summed E-state index contributed by atoms with van der Waals surface area (Å²) >= 11 is 5.94. The maximum absolute atomic E-state index is 12.7. The van der Waals surface area contributed by atoms with Crippen molar-refractivity contribution < 1.29 is 9.90 Å². The van der Waals surface area contributed by atoms with Crippen LogP contribution in [0.3, 0.4) is 0 Å². The Morgan fingerprint density at radius 2 is 1.80 bits per heavy atom. The van der Waals surface area contributed by atoms with Crippen molar-refractivity contribution in [1.29, 1.82) is 0 Å². The Morgan fingerprint density at radius 1 is 1.13 bits per heavy atom. The van der Waals surface area contributed by atoms with Gasteiger partial charge in [0.1, 0.15) is 5.69 Å². The Labute approximate surface area is 179 Å².